The average molecular weight is 323 g/mol. The van der Waals surface area contributed by atoms with Crippen molar-refractivity contribution in [1.29, 1.82) is 0 Å². The number of non-ortho nitro benzene ring substituents is 1. The Morgan fingerprint density at radius 3 is 2.67 bits per heavy atom. The van der Waals surface area contributed by atoms with Gasteiger partial charge in [0.2, 0.25) is 5.66 Å². The predicted octanol–water partition coefficient (Wildman–Crippen LogP) is 2.05. The average Bonchev–Trinajstić information content (AvgIpc) is 3.01. The molecule has 1 spiro atoms. The molecule has 2 aromatic rings. The summed E-state index contributed by atoms with van der Waals surface area (Å²) in [6.45, 7) is 0. The molecule has 1 atom stereocenters. The van der Waals surface area contributed by atoms with Gasteiger partial charge in [-0.15, -0.1) is 0 Å². The van der Waals surface area contributed by atoms with Crippen molar-refractivity contribution in [3.8, 4) is 0 Å². The molecule has 0 saturated heterocycles. The molecule has 2 aromatic carbocycles. The Morgan fingerprint density at radius 1 is 1.12 bits per heavy atom. The highest BCUT2D eigenvalue weighted by Crippen LogP contribution is 2.36. The van der Waals surface area contributed by atoms with Gasteiger partial charge in [-0.25, -0.2) is 0 Å². The van der Waals surface area contributed by atoms with E-state index in [1.54, 1.807) is 0 Å². The normalized spacial score (nSPS) is 21.3. The predicted molar refractivity (Wildman–Crippen MR) is 88.8 cm³/mol. The maximum Gasteiger partial charge on any atom is 0.272 e. The Kier molecular flexibility index (Phi) is 2.99. The molecule has 0 fully saturated rings. The van der Waals surface area contributed by atoms with E-state index in [-0.39, 0.29) is 11.6 Å². The van der Waals surface area contributed by atoms with Crippen LogP contribution in [-0.2, 0) is 4.79 Å². The van der Waals surface area contributed by atoms with Gasteiger partial charge >= 0.3 is 0 Å². The smallest absolute Gasteiger partial charge is 0.272 e. The number of anilines is 2. The third kappa shape index (κ3) is 2.16. The van der Waals surface area contributed by atoms with Gasteiger partial charge in [0.05, 0.1) is 22.0 Å². The summed E-state index contributed by atoms with van der Waals surface area (Å²) >= 11 is 0. The zero-order valence-electron chi connectivity index (χ0n) is 12.4. The minimum atomic E-state index is -1.15. The van der Waals surface area contributed by atoms with E-state index in [0.29, 0.717) is 17.8 Å². The van der Waals surface area contributed by atoms with Crippen molar-refractivity contribution in [1.82, 2.24) is 5.43 Å². The Labute approximate surface area is 136 Å². The second kappa shape index (κ2) is 5.05. The first kappa shape index (κ1) is 14.2. The molecule has 0 aliphatic carbocycles. The number of nitro benzene ring substituents is 1. The molecule has 8 nitrogen and oxygen atoms in total. The van der Waals surface area contributed by atoms with E-state index in [0.717, 1.165) is 11.3 Å². The molecule has 120 valence electrons. The van der Waals surface area contributed by atoms with Crippen LogP contribution in [0.4, 0.5) is 17.1 Å². The topological polar surface area (TPSA) is 109 Å². The molecule has 2 heterocycles. The maximum atomic E-state index is 12.5. The van der Waals surface area contributed by atoms with E-state index in [4.69, 9.17) is 0 Å². The largest absolute Gasteiger partial charge is 0.352 e. The van der Waals surface area contributed by atoms with Crippen LogP contribution in [0.1, 0.15) is 12.0 Å². The lowest BCUT2D eigenvalue weighted by atomic mass is 9.96. The van der Waals surface area contributed by atoms with E-state index in [9.17, 15) is 14.9 Å². The summed E-state index contributed by atoms with van der Waals surface area (Å²) in [7, 11) is 0. The second-order valence-corrected chi connectivity index (χ2v) is 5.68. The van der Waals surface area contributed by atoms with Gasteiger partial charge in [0.1, 0.15) is 0 Å². The maximum absolute atomic E-state index is 12.5. The van der Waals surface area contributed by atoms with Crippen molar-refractivity contribution in [3.63, 3.8) is 0 Å². The molecule has 2 aliphatic heterocycles. The van der Waals surface area contributed by atoms with Crippen LogP contribution in [0.15, 0.2) is 53.6 Å². The number of fused-ring (bicyclic) bond motifs is 1. The number of benzene rings is 2. The van der Waals surface area contributed by atoms with Crippen molar-refractivity contribution >= 4 is 28.7 Å². The van der Waals surface area contributed by atoms with Gasteiger partial charge in [-0.2, -0.15) is 5.10 Å². The van der Waals surface area contributed by atoms with Gasteiger partial charge in [0.25, 0.3) is 11.6 Å². The van der Waals surface area contributed by atoms with Crippen LogP contribution >= 0.6 is 0 Å². The fourth-order valence-electron chi connectivity index (χ4n) is 2.87. The number of amides is 1. The van der Waals surface area contributed by atoms with E-state index in [1.165, 1.54) is 18.2 Å². The summed E-state index contributed by atoms with van der Waals surface area (Å²) in [5.41, 5.74) is 4.32. The number of carbonyl (C=O) groups is 1. The minimum Gasteiger partial charge on any atom is -0.352 e. The van der Waals surface area contributed by atoms with Crippen LogP contribution in [0.3, 0.4) is 0 Å². The number of carbonyl (C=O) groups excluding carboxylic acids is 1. The fourth-order valence-corrected chi connectivity index (χ4v) is 2.87. The molecule has 0 radical (unpaired) electrons. The van der Waals surface area contributed by atoms with Crippen LogP contribution in [0.5, 0.6) is 0 Å². The van der Waals surface area contributed by atoms with Crippen LogP contribution < -0.4 is 16.1 Å². The quantitative estimate of drug-likeness (QED) is 0.579. The summed E-state index contributed by atoms with van der Waals surface area (Å²) in [5.74, 6) is -0.279. The number of nitrogens with one attached hydrogen (secondary N) is 3. The Morgan fingerprint density at radius 2 is 1.92 bits per heavy atom. The highest BCUT2D eigenvalue weighted by Gasteiger charge is 2.46. The van der Waals surface area contributed by atoms with Gasteiger partial charge in [-0.1, -0.05) is 30.3 Å². The molecular weight excluding hydrogens is 310 g/mol. The standard InChI is InChI=1S/C16H13N5O3/c22-15-16(9-14(19-20-16)10-4-2-1-3-5-10)18-13-8-11(21(23)24)6-7-12(13)17-15/h1-8,18,20H,9H2,(H,17,22). The highest BCUT2D eigenvalue weighted by molar-refractivity contribution is 6.12. The van der Waals surface area contributed by atoms with Gasteiger partial charge in [0.15, 0.2) is 0 Å². The van der Waals surface area contributed by atoms with Gasteiger partial charge in [-0.05, 0) is 11.6 Å². The zero-order valence-corrected chi connectivity index (χ0v) is 12.4. The number of nitro groups is 1. The molecule has 3 N–H and O–H groups in total. The number of nitrogens with zero attached hydrogens (tertiary/aromatic N) is 2. The van der Waals surface area contributed by atoms with Crippen molar-refractivity contribution in [2.75, 3.05) is 10.6 Å². The Balaban J connectivity index is 1.65. The number of hydrazone groups is 1. The second-order valence-electron chi connectivity index (χ2n) is 5.68. The first-order valence-electron chi connectivity index (χ1n) is 7.35. The number of rotatable bonds is 2. The van der Waals surface area contributed by atoms with Crippen LogP contribution in [-0.4, -0.2) is 22.2 Å². The van der Waals surface area contributed by atoms with Crippen LogP contribution in [0, 0.1) is 10.1 Å². The summed E-state index contributed by atoms with van der Waals surface area (Å²) in [4.78, 5) is 23.0. The Bertz CT molecular complexity index is 881. The molecule has 1 unspecified atom stereocenters. The zero-order chi connectivity index (χ0) is 16.7. The van der Waals surface area contributed by atoms with Crippen LogP contribution in [0.2, 0.25) is 0 Å². The molecule has 0 aromatic heterocycles. The third-order valence-corrected chi connectivity index (χ3v) is 4.12. The first-order chi connectivity index (χ1) is 11.6. The summed E-state index contributed by atoms with van der Waals surface area (Å²) < 4.78 is 0. The lowest BCUT2D eigenvalue weighted by Gasteiger charge is -2.34. The minimum absolute atomic E-state index is 0.0465. The van der Waals surface area contributed by atoms with Crippen LogP contribution in [0.25, 0.3) is 0 Å². The fraction of sp³-hybridized carbons (Fsp3) is 0.125. The monoisotopic (exact) mass is 323 g/mol. The summed E-state index contributed by atoms with van der Waals surface area (Å²) in [6.07, 6.45) is 0.324. The lowest BCUT2D eigenvalue weighted by molar-refractivity contribution is -0.384. The molecule has 4 rings (SSSR count). The summed E-state index contributed by atoms with van der Waals surface area (Å²) in [6, 6.07) is 13.8. The van der Waals surface area contributed by atoms with Crippen molar-refractivity contribution in [3.05, 3.63) is 64.2 Å². The van der Waals surface area contributed by atoms with Crippen molar-refractivity contribution in [2.24, 2.45) is 5.10 Å². The van der Waals surface area contributed by atoms with Gasteiger partial charge in [-0.3, -0.25) is 20.3 Å². The van der Waals surface area contributed by atoms with Gasteiger partial charge < -0.3 is 10.6 Å². The molecule has 2 aliphatic rings. The van der Waals surface area contributed by atoms with Crippen molar-refractivity contribution < 1.29 is 9.72 Å². The highest BCUT2D eigenvalue weighted by atomic mass is 16.6. The number of hydrogen-bond donors (Lipinski definition) is 3. The van der Waals surface area contributed by atoms with Crippen molar-refractivity contribution in [2.45, 2.75) is 12.1 Å². The van der Waals surface area contributed by atoms with E-state index >= 15 is 0 Å². The first-order valence-corrected chi connectivity index (χ1v) is 7.35. The van der Waals surface area contributed by atoms with Gasteiger partial charge in [0, 0.05) is 18.6 Å². The third-order valence-electron chi connectivity index (χ3n) is 4.12. The summed E-state index contributed by atoms with van der Waals surface area (Å²) in [5, 5.41) is 21.1. The molecule has 8 heteroatoms. The van der Waals surface area contributed by atoms with E-state index in [1.807, 2.05) is 30.3 Å². The SMILES string of the molecule is O=C1Nc2ccc([N+](=O)[O-])cc2NC12CC(c1ccccc1)=NN2. The Hall–Kier alpha value is -3.42. The molecule has 1 amide bonds. The number of hydrogen-bond acceptors (Lipinski definition) is 6. The lowest BCUT2D eigenvalue weighted by Crippen LogP contribution is -2.59. The molecule has 0 saturated carbocycles. The van der Waals surface area contributed by atoms with E-state index < -0.39 is 10.6 Å². The molecule has 24 heavy (non-hydrogen) atoms. The molecular formula is C16H13N5O3. The molecule has 0 bridgehead atoms. The van der Waals surface area contributed by atoms with E-state index in [2.05, 4.69) is 21.2 Å².